The quantitative estimate of drug-likeness (QED) is 0.856. The lowest BCUT2D eigenvalue weighted by Crippen LogP contribution is -2.51. The minimum atomic E-state index is -0.770. The molecule has 0 bridgehead atoms. The molecule has 0 aliphatic rings. The van der Waals surface area contributed by atoms with Crippen LogP contribution in [0.3, 0.4) is 0 Å². The highest BCUT2D eigenvalue weighted by Gasteiger charge is 2.26. The van der Waals surface area contributed by atoms with Gasteiger partial charge in [-0.1, -0.05) is 55.8 Å². The van der Waals surface area contributed by atoms with Gasteiger partial charge >= 0.3 is 0 Å². The molecule has 0 aromatic heterocycles. The van der Waals surface area contributed by atoms with Crippen LogP contribution in [0.1, 0.15) is 32.3 Å². The molecule has 0 radical (unpaired) electrons. The molecule has 1 amide bonds. The van der Waals surface area contributed by atoms with E-state index in [1.54, 1.807) is 6.92 Å². The number of hydrogen-bond acceptors (Lipinski definition) is 2. The van der Waals surface area contributed by atoms with E-state index >= 15 is 0 Å². The molecular weight excluding hydrogens is 260 g/mol. The molecule has 2 aromatic carbocycles. The van der Waals surface area contributed by atoms with Crippen molar-refractivity contribution in [1.82, 2.24) is 5.32 Å². The van der Waals surface area contributed by atoms with E-state index in [4.69, 9.17) is 5.73 Å². The van der Waals surface area contributed by atoms with Crippen molar-refractivity contribution < 1.29 is 4.79 Å². The minimum absolute atomic E-state index is 0.0652. The zero-order valence-electron chi connectivity index (χ0n) is 12.9. The average Bonchev–Trinajstić information content (AvgIpc) is 2.47. The average molecular weight is 284 g/mol. The fourth-order valence-electron chi connectivity index (χ4n) is 2.66. The first-order chi connectivity index (χ1) is 10.0. The number of nitrogens with two attached hydrogens (primary N) is 1. The lowest BCUT2D eigenvalue weighted by Gasteiger charge is -2.22. The second-order valence-electron chi connectivity index (χ2n) is 5.81. The molecule has 21 heavy (non-hydrogen) atoms. The maximum absolute atomic E-state index is 12.1. The Morgan fingerprint density at radius 3 is 2.67 bits per heavy atom. The van der Waals surface area contributed by atoms with Crippen LogP contribution in [0.15, 0.2) is 42.5 Å². The molecule has 0 saturated carbocycles. The maximum Gasteiger partial charge on any atom is 0.239 e. The van der Waals surface area contributed by atoms with Crippen LogP contribution in [0.25, 0.3) is 10.8 Å². The number of amides is 1. The fourth-order valence-corrected chi connectivity index (χ4v) is 2.66. The Balaban J connectivity index is 1.98. The molecule has 0 aliphatic carbocycles. The number of carbonyl (C=O) groups is 1. The van der Waals surface area contributed by atoms with Crippen molar-refractivity contribution >= 4 is 16.7 Å². The summed E-state index contributed by atoms with van der Waals surface area (Å²) in [5, 5.41) is 5.44. The minimum Gasteiger partial charge on any atom is -0.354 e. The number of rotatable bonds is 6. The number of fused-ring (bicyclic) bond motifs is 1. The molecule has 0 heterocycles. The van der Waals surface area contributed by atoms with Crippen LogP contribution < -0.4 is 11.1 Å². The third-order valence-electron chi connectivity index (χ3n) is 3.85. The SMILES string of the molecule is CCCC(C)(N)C(=O)NCCc1cccc2ccccc12. The maximum atomic E-state index is 12.1. The summed E-state index contributed by atoms with van der Waals surface area (Å²) in [7, 11) is 0. The van der Waals surface area contributed by atoms with Gasteiger partial charge in [-0.15, -0.1) is 0 Å². The van der Waals surface area contributed by atoms with Gasteiger partial charge in [0.1, 0.15) is 0 Å². The van der Waals surface area contributed by atoms with Gasteiger partial charge in [0, 0.05) is 6.54 Å². The van der Waals surface area contributed by atoms with Gasteiger partial charge in [0.15, 0.2) is 0 Å². The second kappa shape index (κ2) is 6.72. The van der Waals surface area contributed by atoms with Gasteiger partial charge < -0.3 is 11.1 Å². The molecule has 3 N–H and O–H groups in total. The molecule has 0 fully saturated rings. The van der Waals surface area contributed by atoms with Crippen LogP contribution in [0.4, 0.5) is 0 Å². The highest BCUT2D eigenvalue weighted by molar-refractivity contribution is 5.86. The summed E-state index contributed by atoms with van der Waals surface area (Å²) < 4.78 is 0. The summed E-state index contributed by atoms with van der Waals surface area (Å²) >= 11 is 0. The van der Waals surface area contributed by atoms with E-state index in [1.807, 2.05) is 19.1 Å². The zero-order valence-corrected chi connectivity index (χ0v) is 12.9. The summed E-state index contributed by atoms with van der Waals surface area (Å²) in [5.74, 6) is -0.0652. The molecular formula is C18H24N2O. The second-order valence-corrected chi connectivity index (χ2v) is 5.81. The molecule has 2 rings (SSSR count). The third-order valence-corrected chi connectivity index (χ3v) is 3.85. The molecule has 112 valence electrons. The van der Waals surface area contributed by atoms with Gasteiger partial charge in [-0.2, -0.15) is 0 Å². The van der Waals surface area contributed by atoms with Crippen molar-refractivity contribution in [3.8, 4) is 0 Å². The van der Waals surface area contributed by atoms with Gasteiger partial charge in [0.05, 0.1) is 5.54 Å². The van der Waals surface area contributed by atoms with Crippen LogP contribution in [0, 0.1) is 0 Å². The van der Waals surface area contributed by atoms with Gasteiger partial charge in [-0.05, 0) is 36.1 Å². The predicted octanol–water partition coefficient (Wildman–Crippen LogP) is 3.02. The molecule has 0 aliphatic heterocycles. The Bertz CT molecular complexity index is 614. The van der Waals surface area contributed by atoms with Crippen molar-refractivity contribution in [2.45, 2.75) is 38.6 Å². The van der Waals surface area contributed by atoms with Gasteiger partial charge in [-0.3, -0.25) is 4.79 Å². The Kier molecular flexibility index (Phi) is 4.97. The van der Waals surface area contributed by atoms with Gasteiger partial charge in [0.25, 0.3) is 0 Å². The Hall–Kier alpha value is -1.87. The van der Waals surface area contributed by atoms with E-state index in [9.17, 15) is 4.79 Å². The molecule has 3 heteroatoms. The Labute approximate surface area is 126 Å². The molecule has 2 aromatic rings. The Morgan fingerprint density at radius 2 is 1.90 bits per heavy atom. The van der Waals surface area contributed by atoms with Gasteiger partial charge in [-0.25, -0.2) is 0 Å². The topological polar surface area (TPSA) is 55.1 Å². The summed E-state index contributed by atoms with van der Waals surface area (Å²) in [6, 6.07) is 14.6. The van der Waals surface area contributed by atoms with E-state index in [-0.39, 0.29) is 5.91 Å². The van der Waals surface area contributed by atoms with Crippen molar-refractivity contribution in [3.05, 3.63) is 48.0 Å². The summed E-state index contributed by atoms with van der Waals surface area (Å²) in [6.45, 7) is 4.45. The standard InChI is InChI=1S/C18H24N2O/c1-3-12-18(2,19)17(21)20-13-11-15-9-6-8-14-7-4-5-10-16(14)15/h4-10H,3,11-13,19H2,1-2H3,(H,20,21). The first kappa shape index (κ1) is 15.5. The van der Waals surface area contributed by atoms with E-state index in [0.717, 1.165) is 12.8 Å². The van der Waals surface area contributed by atoms with Crippen LogP contribution in [0.2, 0.25) is 0 Å². The third kappa shape index (κ3) is 3.82. The highest BCUT2D eigenvalue weighted by Crippen LogP contribution is 2.18. The normalized spacial score (nSPS) is 13.9. The van der Waals surface area contributed by atoms with Crippen molar-refractivity contribution in [2.75, 3.05) is 6.54 Å². The number of nitrogens with one attached hydrogen (secondary N) is 1. The first-order valence-corrected chi connectivity index (χ1v) is 7.58. The molecule has 1 atom stereocenters. The number of carbonyl (C=O) groups excluding carboxylic acids is 1. The summed E-state index contributed by atoms with van der Waals surface area (Å²) in [5.41, 5.74) is 6.51. The highest BCUT2D eigenvalue weighted by atomic mass is 16.2. The van der Waals surface area contributed by atoms with Crippen molar-refractivity contribution in [3.63, 3.8) is 0 Å². The largest absolute Gasteiger partial charge is 0.354 e. The van der Waals surface area contributed by atoms with Gasteiger partial charge in [0.2, 0.25) is 5.91 Å². The van der Waals surface area contributed by atoms with Crippen LogP contribution in [-0.4, -0.2) is 18.0 Å². The predicted molar refractivity (Wildman–Crippen MR) is 88.2 cm³/mol. The molecule has 3 nitrogen and oxygen atoms in total. The van der Waals surface area contributed by atoms with Crippen LogP contribution in [0.5, 0.6) is 0 Å². The number of hydrogen-bond donors (Lipinski definition) is 2. The smallest absolute Gasteiger partial charge is 0.239 e. The van der Waals surface area contributed by atoms with E-state index in [1.165, 1.54) is 16.3 Å². The van der Waals surface area contributed by atoms with Crippen LogP contribution in [-0.2, 0) is 11.2 Å². The summed E-state index contributed by atoms with van der Waals surface area (Å²) in [4.78, 5) is 12.1. The van der Waals surface area contributed by atoms with E-state index in [0.29, 0.717) is 13.0 Å². The first-order valence-electron chi connectivity index (χ1n) is 7.58. The zero-order chi connectivity index (χ0) is 15.3. The molecule has 0 spiro atoms. The molecule has 0 saturated heterocycles. The lowest BCUT2D eigenvalue weighted by molar-refractivity contribution is -0.126. The van der Waals surface area contributed by atoms with E-state index < -0.39 is 5.54 Å². The fraction of sp³-hybridized carbons (Fsp3) is 0.389. The monoisotopic (exact) mass is 284 g/mol. The van der Waals surface area contributed by atoms with Crippen molar-refractivity contribution in [1.29, 1.82) is 0 Å². The Morgan fingerprint density at radius 1 is 1.19 bits per heavy atom. The van der Waals surface area contributed by atoms with Crippen LogP contribution >= 0.6 is 0 Å². The lowest BCUT2D eigenvalue weighted by atomic mass is 9.96. The van der Waals surface area contributed by atoms with Crippen molar-refractivity contribution in [2.24, 2.45) is 5.73 Å². The number of benzene rings is 2. The molecule has 1 unspecified atom stereocenters. The van der Waals surface area contributed by atoms with E-state index in [2.05, 4.69) is 35.6 Å². The summed E-state index contributed by atoms with van der Waals surface area (Å²) in [6.07, 6.45) is 2.42.